The highest BCUT2D eigenvalue weighted by molar-refractivity contribution is 5.99. The SMILES string of the molecule is Cc1cc(OC(=O)C2CC(=O)N(c3ccccc3F)C2)ccc1[N+](=O)[O-]. The Hall–Kier alpha value is -3.29. The van der Waals surface area contributed by atoms with Crippen LogP contribution in [-0.4, -0.2) is 23.3 Å². The van der Waals surface area contributed by atoms with Crippen LogP contribution in [0.3, 0.4) is 0 Å². The Morgan fingerprint density at radius 1 is 1.31 bits per heavy atom. The van der Waals surface area contributed by atoms with Crippen LogP contribution in [0.2, 0.25) is 0 Å². The number of carbonyl (C=O) groups excluding carboxylic acids is 2. The molecule has 0 spiro atoms. The van der Waals surface area contributed by atoms with Gasteiger partial charge in [0.15, 0.2) is 0 Å². The zero-order valence-electron chi connectivity index (χ0n) is 13.8. The zero-order valence-corrected chi connectivity index (χ0v) is 13.8. The Labute approximate surface area is 148 Å². The number of hydrogen-bond donors (Lipinski definition) is 0. The predicted octanol–water partition coefficient (Wildman–Crippen LogP) is 3.00. The fourth-order valence-corrected chi connectivity index (χ4v) is 2.86. The summed E-state index contributed by atoms with van der Waals surface area (Å²) >= 11 is 0. The number of para-hydroxylation sites is 1. The molecule has 2 aromatic carbocycles. The van der Waals surface area contributed by atoms with E-state index in [0.29, 0.717) is 5.56 Å². The number of amides is 1. The van der Waals surface area contributed by atoms with Crippen molar-refractivity contribution < 1.29 is 23.6 Å². The number of hydrogen-bond acceptors (Lipinski definition) is 5. The fourth-order valence-electron chi connectivity index (χ4n) is 2.86. The van der Waals surface area contributed by atoms with E-state index in [-0.39, 0.29) is 36.0 Å². The van der Waals surface area contributed by atoms with Crippen LogP contribution in [0.5, 0.6) is 5.75 Å². The molecule has 0 N–H and O–H groups in total. The minimum Gasteiger partial charge on any atom is -0.426 e. The highest BCUT2D eigenvalue weighted by Crippen LogP contribution is 2.29. The van der Waals surface area contributed by atoms with Crippen molar-refractivity contribution >= 4 is 23.3 Å². The summed E-state index contributed by atoms with van der Waals surface area (Å²) in [5.41, 5.74) is 0.404. The average Bonchev–Trinajstić information content (AvgIpc) is 2.97. The van der Waals surface area contributed by atoms with Crippen molar-refractivity contribution in [3.63, 3.8) is 0 Å². The number of rotatable bonds is 4. The lowest BCUT2D eigenvalue weighted by molar-refractivity contribution is -0.385. The molecule has 1 fully saturated rings. The molecule has 26 heavy (non-hydrogen) atoms. The number of aryl methyl sites for hydroxylation is 1. The molecule has 3 rings (SSSR count). The number of halogens is 1. The second-order valence-corrected chi connectivity index (χ2v) is 5.98. The monoisotopic (exact) mass is 358 g/mol. The van der Waals surface area contributed by atoms with Crippen molar-refractivity contribution in [2.75, 3.05) is 11.4 Å². The lowest BCUT2D eigenvalue weighted by atomic mass is 10.1. The van der Waals surface area contributed by atoms with Crippen molar-refractivity contribution in [3.05, 3.63) is 64.0 Å². The minimum atomic E-state index is -0.738. The van der Waals surface area contributed by atoms with Gasteiger partial charge in [-0.15, -0.1) is 0 Å². The highest BCUT2D eigenvalue weighted by Gasteiger charge is 2.37. The molecule has 1 amide bonds. The number of nitro groups is 1. The summed E-state index contributed by atoms with van der Waals surface area (Å²) in [5, 5.41) is 10.8. The van der Waals surface area contributed by atoms with Gasteiger partial charge in [0.2, 0.25) is 5.91 Å². The lowest BCUT2D eigenvalue weighted by Crippen LogP contribution is -2.28. The normalized spacial score (nSPS) is 16.6. The third-order valence-corrected chi connectivity index (χ3v) is 4.19. The van der Waals surface area contributed by atoms with E-state index >= 15 is 0 Å². The van der Waals surface area contributed by atoms with Crippen molar-refractivity contribution in [1.82, 2.24) is 0 Å². The largest absolute Gasteiger partial charge is 0.426 e. The van der Waals surface area contributed by atoms with Crippen LogP contribution >= 0.6 is 0 Å². The number of carbonyl (C=O) groups is 2. The van der Waals surface area contributed by atoms with E-state index in [1.165, 1.54) is 48.2 Å². The molecule has 7 nitrogen and oxygen atoms in total. The Kier molecular flexibility index (Phi) is 4.66. The van der Waals surface area contributed by atoms with Crippen molar-refractivity contribution in [2.24, 2.45) is 5.92 Å². The standard InChI is InChI=1S/C18H15FN2O5/c1-11-8-13(6-7-15(11)21(24)25)26-18(23)12-9-17(22)20(10-12)16-5-3-2-4-14(16)19/h2-8,12H,9-10H2,1H3. The third kappa shape index (κ3) is 3.39. The summed E-state index contributed by atoms with van der Waals surface area (Å²) in [6.07, 6.45) is -0.0842. The Morgan fingerprint density at radius 2 is 2.04 bits per heavy atom. The fraction of sp³-hybridized carbons (Fsp3) is 0.222. The molecular weight excluding hydrogens is 343 g/mol. The molecular formula is C18H15FN2O5. The number of nitrogens with zero attached hydrogens (tertiary/aromatic N) is 2. The van der Waals surface area contributed by atoms with Crippen LogP contribution in [0.1, 0.15) is 12.0 Å². The predicted molar refractivity (Wildman–Crippen MR) is 90.3 cm³/mol. The zero-order chi connectivity index (χ0) is 18.8. The van der Waals surface area contributed by atoms with E-state index in [0.717, 1.165) is 0 Å². The van der Waals surface area contributed by atoms with Crippen molar-refractivity contribution in [2.45, 2.75) is 13.3 Å². The summed E-state index contributed by atoms with van der Waals surface area (Å²) in [6.45, 7) is 1.55. The molecule has 8 heteroatoms. The smallest absolute Gasteiger partial charge is 0.316 e. The van der Waals surface area contributed by atoms with E-state index < -0.39 is 22.6 Å². The molecule has 1 atom stereocenters. The van der Waals surface area contributed by atoms with E-state index in [2.05, 4.69) is 0 Å². The molecule has 0 aromatic heterocycles. The lowest BCUT2D eigenvalue weighted by Gasteiger charge is -2.17. The molecule has 0 aliphatic carbocycles. The van der Waals surface area contributed by atoms with Gasteiger partial charge in [0.25, 0.3) is 5.69 Å². The second kappa shape index (κ2) is 6.91. The van der Waals surface area contributed by atoms with Crippen LogP contribution < -0.4 is 9.64 Å². The summed E-state index contributed by atoms with van der Waals surface area (Å²) in [6, 6.07) is 9.81. The van der Waals surface area contributed by atoms with Crippen LogP contribution in [0.25, 0.3) is 0 Å². The van der Waals surface area contributed by atoms with Gasteiger partial charge in [0, 0.05) is 24.6 Å². The van der Waals surface area contributed by atoms with E-state index in [1.54, 1.807) is 6.07 Å². The van der Waals surface area contributed by atoms with Crippen LogP contribution in [0.15, 0.2) is 42.5 Å². The maximum atomic E-state index is 13.9. The molecule has 1 aliphatic rings. The number of esters is 1. The molecule has 0 bridgehead atoms. The van der Waals surface area contributed by atoms with Gasteiger partial charge in [-0.05, 0) is 31.2 Å². The number of anilines is 1. The maximum Gasteiger partial charge on any atom is 0.316 e. The summed E-state index contributed by atoms with van der Waals surface area (Å²) in [7, 11) is 0. The maximum absolute atomic E-state index is 13.9. The van der Waals surface area contributed by atoms with Gasteiger partial charge >= 0.3 is 5.97 Å². The van der Waals surface area contributed by atoms with Gasteiger partial charge in [-0.2, -0.15) is 0 Å². The van der Waals surface area contributed by atoms with Crippen LogP contribution in [0, 0.1) is 28.8 Å². The molecule has 2 aromatic rings. The Bertz CT molecular complexity index is 899. The first-order valence-electron chi connectivity index (χ1n) is 7.88. The molecule has 0 radical (unpaired) electrons. The van der Waals surface area contributed by atoms with Gasteiger partial charge < -0.3 is 9.64 Å². The number of benzene rings is 2. The first-order valence-corrected chi connectivity index (χ1v) is 7.88. The Morgan fingerprint density at radius 3 is 2.69 bits per heavy atom. The molecule has 134 valence electrons. The van der Waals surface area contributed by atoms with E-state index in [4.69, 9.17) is 4.74 Å². The van der Waals surface area contributed by atoms with Crippen molar-refractivity contribution in [1.29, 1.82) is 0 Å². The molecule has 0 saturated carbocycles. The second-order valence-electron chi connectivity index (χ2n) is 5.98. The molecule has 1 aliphatic heterocycles. The summed E-state index contributed by atoms with van der Waals surface area (Å²) in [4.78, 5) is 36.0. The topological polar surface area (TPSA) is 89.8 Å². The minimum absolute atomic E-state index is 0.0184. The summed E-state index contributed by atoms with van der Waals surface area (Å²) in [5.74, 6) is -2.12. The van der Waals surface area contributed by atoms with E-state index in [9.17, 15) is 24.1 Å². The van der Waals surface area contributed by atoms with Gasteiger partial charge in [0.1, 0.15) is 11.6 Å². The number of nitro benzene ring substituents is 1. The van der Waals surface area contributed by atoms with Gasteiger partial charge in [0.05, 0.1) is 16.5 Å². The molecule has 1 saturated heterocycles. The van der Waals surface area contributed by atoms with Crippen molar-refractivity contribution in [3.8, 4) is 5.75 Å². The van der Waals surface area contributed by atoms with Gasteiger partial charge in [-0.3, -0.25) is 19.7 Å². The quantitative estimate of drug-likeness (QED) is 0.363. The van der Waals surface area contributed by atoms with Gasteiger partial charge in [-0.1, -0.05) is 12.1 Å². The summed E-state index contributed by atoms with van der Waals surface area (Å²) < 4.78 is 19.1. The first kappa shape index (κ1) is 17.5. The van der Waals surface area contributed by atoms with Crippen LogP contribution in [-0.2, 0) is 9.59 Å². The average molecular weight is 358 g/mol. The first-order chi connectivity index (χ1) is 12.4. The Balaban J connectivity index is 1.72. The van der Waals surface area contributed by atoms with Gasteiger partial charge in [-0.25, -0.2) is 4.39 Å². The van der Waals surface area contributed by atoms with Crippen LogP contribution in [0.4, 0.5) is 15.8 Å². The molecule has 1 unspecified atom stereocenters. The highest BCUT2D eigenvalue weighted by atomic mass is 19.1. The number of ether oxygens (including phenoxy) is 1. The molecule has 1 heterocycles. The van der Waals surface area contributed by atoms with E-state index in [1.807, 2.05) is 0 Å². The third-order valence-electron chi connectivity index (χ3n) is 4.19.